The van der Waals surface area contributed by atoms with Crippen molar-refractivity contribution in [3.05, 3.63) is 87.5 Å². The van der Waals surface area contributed by atoms with E-state index in [-0.39, 0.29) is 22.4 Å². The maximum Gasteiger partial charge on any atom is 0.284 e. The van der Waals surface area contributed by atoms with E-state index in [1.54, 1.807) is 31.4 Å². The molecular weight excluding hydrogens is 416 g/mol. The first-order valence-corrected chi connectivity index (χ1v) is 10.5. The smallest absolute Gasteiger partial charge is 0.284 e. The predicted molar refractivity (Wildman–Crippen MR) is 119 cm³/mol. The number of nitrogens with zero attached hydrogens (tertiary/aromatic N) is 2. The number of hydrogen-bond acceptors (Lipinski definition) is 7. The zero-order valence-corrected chi connectivity index (χ0v) is 18.0. The number of nitro benzene ring substituents is 1. The molecule has 0 radical (unpaired) electrons. The molecule has 3 aromatic carbocycles. The van der Waals surface area contributed by atoms with Crippen LogP contribution in [-0.4, -0.2) is 35.1 Å². The third kappa shape index (κ3) is 4.17. The van der Waals surface area contributed by atoms with Crippen LogP contribution < -0.4 is 9.47 Å². The average Bonchev–Trinajstić information content (AvgIpc) is 2.79. The number of ether oxygens (including phenoxy) is 2. The number of methoxy groups -OCH3 is 2. The van der Waals surface area contributed by atoms with Crippen molar-refractivity contribution >= 4 is 17.6 Å². The molecule has 0 fully saturated rings. The fourth-order valence-corrected chi connectivity index (χ4v) is 4.97. The first-order chi connectivity index (χ1) is 15.0. The van der Waals surface area contributed by atoms with Gasteiger partial charge in [0.25, 0.3) is 5.69 Å². The molecule has 7 nitrogen and oxygen atoms in total. The van der Waals surface area contributed by atoms with Gasteiger partial charge >= 0.3 is 0 Å². The van der Waals surface area contributed by atoms with Crippen molar-refractivity contribution in [1.29, 1.82) is 0 Å². The molecule has 3 aromatic rings. The van der Waals surface area contributed by atoms with E-state index in [0.717, 1.165) is 22.4 Å². The van der Waals surface area contributed by atoms with E-state index in [0.29, 0.717) is 23.6 Å². The number of phenols is 1. The molecule has 1 N–H and O–H groups in total. The summed E-state index contributed by atoms with van der Waals surface area (Å²) in [5, 5.41) is 21.8. The molecule has 1 unspecified atom stereocenters. The normalized spacial score (nSPS) is 15.9. The second-order valence-corrected chi connectivity index (χ2v) is 8.20. The molecule has 1 aliphatic rings. The molecule has 160 valence electrons. The van der Waals surface area contributed by atoms with Crippen LogP contribution in [0.15, 0.2) is 65.6 Å². The lowest BCUT2D eigenvalue weighted by molar-refractivity contribution is -0.387. The third-order valence-electron chi connectivity index (χ3n) is 5.33. The second kappa shape index (κ2) is 8.87. The standard InChI is InChI=1S/C23H22N2O5S/c1-29-17-9-7-15(8-10-17)23-18-14-21(30-2)20(26)13-16(18)11-12-24(23)31-22-6-4-3-5-19(22)25(27)28/h3-10,13-14,23,26H,11-12H2,1-2H3. The lowest BCUT2D eigenvalue weighted by Gasteiger charge is -2.37. The molecule has 0 saturated heterocycles. The van der Waals surface area contributed by atoms with Crippen LogP contribution in [0.25, 0.3) is 0 Å². The Bertz CT molecular complexity index is 1100. The zero-order valence-electron chi connectivity index (χ0n) is 17.1. The largest absolute Gasteiger partial charge is 0.504 e. The Balaban J connectivity index is 1.80. The van der Waals surface area contributed by atoms with Crippen molar-refractivity contribution in [2.45, 2.75) is 17.4 Å². The Morgan fingerprint density at radius 3 is 2.52 bits per heavy atom. The molecule has 0 amide bonds. The predicted octanol–water partition coefficient (Wildman–Crippen LogP) is 4.97. The molecule has 0 aliphatic carbocycles. The van der Waals surface area contributed by atoms with Gasteiger partial charge in [0.2, 0.25) is 0 Å². The summed E-state index contributed by atoms with van der Waals surface area (Å²) >= 11 is 1.37. The van der Waals surface area contributed by atoms with Crippen molar-refractivity contribution < 1.29 is 19.5 Å². The number of para-hydroxylation sites is 1. The summed E-state index contributed by atoms with van der Waals surface area (Å²) in [6.07, 6.45) is 0.702. The molecule has 31 heavy (non-hydrogen) atoms. The van der Waals surface area contributed by atoms with Gasteiger partial charge in [0.05, 0.1) is 25.2 Å². The summed E-state index contributed by atoms with van der Waals surface area (Å²) in [5.41, 5.74) is 3.12. The molecule has 1 aliphatic heterocycles. The summed E-state index contributed by atoms with van der Waals surface area (Å²) in [5.74, 6) is 1.25. The van der Waals surface area contributed by atoms with E-state index in [4.69, 9.17) is 9.47 Å². The van der Waals surface area contributed by atoms with Crippen LogP contribution in [0.1, 0.15) is 22.7 Å². The monoisotopic (exact) mass is 438 g/mol. The number of rotatable bonds is 6. The van der Waals surface area contributed by atoms with Crippen LogP contribution in [0.5, 0.6) is 17.2 Å². The minimum absolute atomic E-state index is 0.0788. The fraction of sp³-hybridized carbons (Fsp3) is 0.217. The topological polar surface area (TPSA) is 85.1 Å². The number of phenolic OH excluding ortho intramolecular Hbond substituents is 1. The number of nitro groups is 1. The Kier molecular flexibility index (Phi) is 6.01. The van der Waals surface area contributed by atoms with Gasteiger partial charge in [-0.3, -0.25) is 10.1 Å². The van der Waals surface area contributed by atoms with Crippen molar-refractivity contribution in [1.82, 2.24) is 4.31 Å². The van der Waals surface area contributed by atoms with Crippen LogP contribution in [-0.2, 0) is 6.42 Å². The molecule has 0 spiro atoms. The maximum atomic E-state index is 11.5. The lowest BCUT2D eigenvalue weighted by Crippen LogP contribution is -2.31. The van der Waals surface area contributed by atoms with Gasteiger partial charge in [-0.15, -0.1) is 0 Å². The van der Waals surface area contributed by atoms with Crippen LogP contribution in [0.3, 0.4) is 0 Å². The van der Waals surface area contributed by atoms with Gasteiger partial charge in [-0.25, -0.2) is 4.31 Å². The first-order valence-electron chi connectivity index (χ1n) is 9.73. The molecule has 0 saturated carbocycles. The molecule has 0 bridgehead atoms. The summed E-state index contributed by atoms with van der Waals surface area (Å²) in [7, 11) is 3.14. The van der Waals surface area contributed by atoms with E-state index in [1.807, 2.05) is 30.3 Å². The third-order valence-corrected chi connectivity index (χ3v) is 6.50. The Labute approximate surface area is 184 Å². The highest BCUT2D eigenvalue weighted by atomic mass is 32.2. The second-order valence-electron chi connectivity index (χ2n) is 7.11. The Hall–Kier alpha value is -3.23. The average molecular weight is 439 g/mol. The number of fused-ring (bicyclic) bond motifs is 1. The first kappa shape index (κ1) is 21.0. The van der Waals surface area contributed by atoms with E-state index >= 15 is 0 Å². The van der Waals surface area contributed by atoms with Gasteiger partial charge in [-0.1, -0.05) is 24.3 Å². The zero-order chi connectivity index (χ0) is 22.0. The van der Waals surface area contributed by atoms with Gasteiger partial charge in [0.1, 0.15) is 10.6 Å². The Morgan fingerprint density at radius 2 is 1.84 bits per heavy atom. The van der Waals surface area contributed by atoms with Crippen molar-refractivity contribution in [2.75, 3.05) is 20.8 Å². The van der Waals surface area contributed by atoms with Gasteiger partial charge in [0, 0.05) is 12.6 Å². The SMILES string of the molecule is COc1ccc(C2c3cc(OC)c(O)cc3CCN2Sc2ccccc2[N+](=O)[O-])cc1. The number of aromatic hydroxyl groups is 1. The van der Waals surface area contributed by atoms with Gasteiger partial charge in [-0.05, 0) is 65.4 Å². The van der Waals surface area contributed by atoms with Gasteiger partial charge in [0.15, 0.2) is 11.5 Å². The molecule has 1 heterocycles. The van der Waals surface area contributed by atoms with Crippen LogP contribution in [0.2, 0.25) is 0 Å². The van der Waals surface area contributed by atoms with Crippen LogP contribution in [0, 0.1) is 10.1 Å². The summed E-state index contributed by atoms with van der Waals surface area (Å²) in [6.45, 7) is 0.659. The highest BCUT2D eigenvalue weighted by molar-refractivity contribution is 7.97. The van der Waals surface area contributed by atoms with Gasteiger partial charge < -0.3 is 14.6 Å². The fourth-order valence-electron chi connectivity index (χ4n) is 3.82. The van der Waals surface area contributed by atoms with Crippen LogP contribution in [0.4, 0.5) is 5.69 Å². The molecular formula is C23H22N2O5S. The summed E-state index contributed by atoms with van der Waals surface area (Å²) in [4.78, 5) is 11.7. The van der Waals surface area contributed by atoms with Crippen molar-refractivity contribution in [3.8, 4) is 17.2 Å². The van der Waals surface area contributed by atoms with E-state index in [2.05, 4.69) is 4.31 Å². The summed E-state index contributed by atoms with van der Waals surface area (Å²) in [6, 6.07) is 17.9. The Morgan fingerprint density at radius 1 is 1.10 bits per heavy atom. The highest BCUT2D eigenvalue weighted by Gasteiger charge is 2.32. The highest BCUT2D eigenvalue weighted by Crippen LogP contribution is 2.46. The number of hydrogen-bond donors (Lipinski definition) is 1. The van der Waals surface area contributed by atoms with Crippen molar-refractivity contribution in [3.63, 3.8) is 0 Å². The van der Waals surface area contributed by atoms with Crippen LogP contribution >= 0.6 is 11.9 Å². The molecule has 1 atom stereocenters. The quantitative estimate of drug-likeness (QED) is 0.330. The van der Waals surface area contributed by atoms with E-state index in [9.17, 15) is 15.2 Å². The molecule has 0 aromatic heterocycles. The minimum Gasteiger partial charge on any atom is -0.504 e. The lowest BCUT2D eigenvalue weighted by atomic mass is 9.89. The van der Waals surface area contributed by atoms with E-state index in [1.165, 1.54) is 25.1 Å². The molecule has 8 heteroatoms. The summed E-state index contributed by atoms with van der Waals surface area (Å²) < 4.78 is 12.8. The van der Waals surface area contributed by atoms with Gasteiger partial charge in [-0.2, -0.15) is 0 Å². The minimum atomic E-state index is -0.357. The van der Waals surface area contributed by atoms with E-state index < -0.39 is 0 Å². The number of benzene rings is 3. The molecule has 4 rings (SSSR count). The maximum absolute atomic E-state index is 11.5. The van der Waals surface area contributed by atoms with Crippen molar-refractivity contribution in [2.24, 2.45) is 0 Å².